The van der Waals surface area contributed by atoms with Crippen molar-refractivity contribution in [3.8, 4) is 5.75 Å². The second kappa shape index (κ2) is 6.33. The summed E-state index contributed by atoms with van der Waals surface area (Å²) in [6.07, 6.45) is 3.16. The zero-order chi connectivity index (χ0) is 13.7. The summed E-state index contributed by atoms with van der Waals surface area (Å²) in [7, 11) is 1.65. The number of rotatable bonds is 6. The van der Waals surface area contributed by atoms with Gasteiger partial charge in [-0.05, 0) is 12.5 Å². The summed E-state index contributed by atoms with van der Waals surface area (Å²) in [4.78, 5) is 15.9. The molecule has 0 saturated heterocycles. The number of hydrogen-bond acceptors (Lipinski definition) is 4. The summed E-state index contributed by atoms with van der Waals surface area (Å²) in [5.41, 5.74) is 1.09. The predicted molar refractivity (Wildman–Crippen MR) is 73.9 cm³/mol. The van der Waals surface area contributed by atoms with Gasteiger partial charge in [-0.2, -0.15) is 0 Å². The van der Waals surface area contributed by atoms with Gasteiger partial charge in [-0.15, -0.1) is 11.3 Å². The van der Waals surface area contributed by atoms with Crippen LogP contribution >= 0.6 is 11.3 Å². The van der Waals surface area contributed by atoms with E-state index in [-0.39, 0.29) is 6.42 Å². The molecule has 0 radical (unpaired) electrons. The summed E-state index contributed by atoms with van der Waals surface area (Å²) in [5, 5.41) is 9.63. The van der Waals surface area contributed by atoms with Crippen molar-refractivity contribution in [1.29, 1.82) is 0 Å². The Labute approximate surface area is 115 Å². The number of carboxylic acid groups (broad SMARTS) is 1. The van der Waals surface area contributed by atoms with Gasteiger partial charge in [-0.25, -0.2) is 4.98 Å². The molecule has 2 aromatic rings. The standard InChI is InChI=1S/C14H15NO3S/c1-18-12-5-3-2-4-10(12)8-13-15-9-11(19-13)6-7-14(16)17/h2-5,9H,6-8H2,1H3,(H,16,17). The zero-order valence-corrected chi connectivity index (χ0v) is 11.4. The van der Waals surface area contributed by atoms with Crippen LogP contribution in [0.15, 0.2) is 30.5 Å². The fourth-order valence-electron chi connectivity index (χ4n) is 1.79. The second-order valence-corrected chi connectivity index (χ2v) is 5.30. The first kappa shape index (κ1) is 13.5. The molecule has 0 bridgehead atoms. The smallest absolute Gasteiger partial charge is 0.303 e. The number of aryl methyl sites for hydroxylation is 1. The first-order valence-electron chi connectivity index (χ1n) is 5.96. The topological polar surface area (TPSA) is 59.4 Å². The average molecular weight is 277 g/mol. The van der Waals surface area contributed by atoms with Crippen LogP contribution in [0.3, 0.4) is 0 Å². The van der Waals surface area contributed by atoms with E-state index in [9.17, 15) is 4.79 Å². The fourth-order valence-corrected chi connectivity index (χ4v) is 2.73. The van der Waals surface area contributed by atoms with E-state index in [2.05, 4.69) is 4.98 Å². The molecule has 19 heavy (non-hydrogen) atoms. The number of ether oxygens (including phenoxy) is 1. The molecule has 2 rings (SSSR count). The van der Waals surface area contributed by atoms with Crippen molar-refractivity contribution in [1.82, 2.24) is 4.98 Å². The molecule has 1 aromatic heterocycles. The van der Waals surface area contributed by atoms with Crippen LogP contribution in [0.1, 0.15) is 21.9 Å². The first-order chi connectivity index (χ1) is 9.19. The van der Waals surface area contributed by atoms with Crippen LogP contribution in [0.2, 0.25) is 0 Å². The number of carbonyl (C=O) groups is 1. The quantitative estimate of drug-likeness (QED) is 0.882. The molecule has 0 aliphatic rings. The highest BCUT2D eigenvalue weighted by atomic mass is 32.1. The molecule has 0 fully saturated rings. The van der Waals surface area contributed by atoms with E-state index < -0.39 is 5.97 Å². The lowest BCUT2D eigenvalue weighted by molar-refractivity contribution is -0.136. The maximum Gasteiger partial charge on any atom is 0.303 e. The number of nitrogens with zero attached hydrogens (tertiary/aromatic N) is 1. The molecule has 0 saturated carbocycles. The van der Waals surface area contributed by atoms with Gasteiger partial charge in [-0.3, -0.25) is 4.79 Å². The van der Waals surface area contributed by atoms with Crippen LogP contribution in [-0.4, -0.2) is 23.2 Å². The van der Waals surface area contributed by atoms with Crippen LogP contribution in [0.4, 0.5) is 0 Å². The van der Waals surface area contributed by atoms with Gasteiger partial charge < -0.3 is 9.84 Å². The van der Waals surface area contributed by atoms with Gasteiger partial charge in [0.1, 0.15) is 5.75 Å². The Hall–Kier alpha value is -1.88. The van der Waals surface area contributed by atoms with E-state index >= 15 is 0 Å². The van der Waals surface area contributed by atoms with Crippen LogP contribution in [0.5, 0.6) is 5.75 Å². The molecule has 100 valence electrons. The highest BCUT2D eigenvalue weighted by molar-refractivity contribution is 7.11. The van der Waals surface area contributed by atoms with Gasteiger partial charge in [0, 0.05) is 23.1 Å². The molecule has 0 aliphatic heterocycles. The summed E-state index contributed by atoms with van der Waals surface area (Å²) < 4.78 is 5.30. The third kappa shape index (κ3) is 3.79. The van der Waals surface area contributed by atoms with Crippen molar-refractivity contribution >= 4 is 17.3 Å². The summed E-state index contributed by atoms with van der Waals surface area (Å²) in [5.74, 6) is 0.0736. The number of carboxylic acids is 1. The monoisotopic (exact) mass is 277 g/mol. The number of thiazole rings is 1. The summed E-state index contributed by atoms with van der Waals surface area (Å²) in [6.45, 7) is 0. The summed E-state index contributed by atoms with van der Waals surface area (Å²) in [6, 6.07) is 7.84. The number of methoxy groups -OCH3 is 1. The number of benzene rings is 1. The molecule has 1 aromatic carbocycles. The normalized spacial score (nSPS) is 10.4. The Kier molecular flexibility index (Phi) is 4.52. The molecule has 0 unspecified atom stereocenters. The molecule has 1 heterocycles. The molecule has 0 spiro atoms. The molecule has 0 atom stereocenters. The minimum absolute atomic E-state index is 0.149. The van der Waals surface area contributed by atoms with E-state index in [1.165, 1.54) is 0 Å². The molecular weight excluding hydrogens is 262 g/mol. The van der Waals surface area contributed by atoms with Crippen molar-refractivity contribution in [2.45, 2.75) is 19.3 Å². The summed E-state index contributed by atoms with van der Waals surface area (Å²) >= 11 is 1.56. The highest BCUT2D eigenvalue weighted by Crippen LogP contribution is 2.23. The van der Waals surface area contributed by atoms with E-state index in [1.807, 2.05) is 24.3 Å². The van der Waals surface area contributed by atoms with Crippen LogP contribution in [-0.2, 0) is 17.6 Å². The minimum Gasteiger partial charge on any atom is -0.496 e. The Morgan fingerprint density at radius 3 is 2.95 bits per heavy atom. The number of hydrogen-bond donors (Lipinski definition) is 1. The van der Waals surface area contributed by atoms with E-state index in [0.717, 1.165) is 21.2 Å². The molecular formula is C14H15NO3S. The predicted octanol–water partition coefficient (Wildman–Crippen LogP) is 2.76. The highest BCUT2D eigenvalue weighted by Gasteiger charge is 2.08. The number of para-hydroxylation sites is 1. The van der Waals surface area contributed by atoms with Gasteiger partial charge in [-0.1, -0.05) is 18.2 Å². The van der Waals surface area contributed by atoms with Crippen LogP contribution in [0.25, 0.3) is 0 Å². The van der Waals surface area contributed by atoms with Gasteiger partial charge in [0.2, 0.25) is 0 Å². The maximum absolute atomic E-state index is 10.5. The second-order valence-electron chi connectivity index (χ2n) is 4.10. The SMILES string of the molecule is COc1ccccc1Cc1ncc(CCC(=O)O)s1. The van der Waals surface area contributed by atoms with Crippen molar-refractivity contribution in [3.63, 3.8) is 0 Å². The molecule has 4 nitrogen and oxygen atoms in total. The Morgan fingerprint density at radius 2 is 2.21 bits per heavy atom. The molecule has 0 aliphatic carbocycles. The maximum atomic E-state index is 10.5. The molecule has 5 heteroatoms. The number of aliphatic carboxylic acids is 1. The molecule has 0 amide bonds. The average Bonchev–Trinajstić information content (AvgIpc) is 2.85. The number of aromatic nitrogens is 1. The zero-order valence-electron chi connectivity index (χ0n) is 10.6. The lowest BCUT2D eigenvalue weighted by Crippen LogP contribution is -1.95. The Bertz CT molecular complexity index is 565. The molecule has 1 N–H and O–H groups in total. The van der Waals surface area contributed by atoms with Crippen LogP contribution < -0.4 is 4.74 Å². The minimum atomic E-state index is -0.778. The van der Waals surface area contributed by atoms with Crippen molar-refractivity contribution in [2.24, 2.45) is 0 Å². The third-order valence-corrected chi connectivity index (χ3v) is 3.78. The van der Waals surface area contributed by atoms with Gasteiger partial charge in [0.05, 0.1) is 18.5 Å². The van der Waals surface area contributed by atoms with Gasteiger partial charge in [0.15, 0.2) is 0 Å². The Morgan fingerprint density at radius 1 is 1.42 bits per heavy atom. The first-order valence-corrected chi connectivity index (χ1v) is 6.78. The Balaban J connectivity index is 2.05. The lowest BCUT2D eigenvalue weighted by Gasteiger charge is -2.05. The van der Waals surface area contributed by atoms with Crippen molar-refractivity contribution < 1.29 is 14.6 Å². The third-order valence-electron chi connectivity index (χ3n) is 2.72. The van der Waals surface area contributed by atoms with E-state index in [4.69, 9.17) is 9.84 Å². The van der Waals surface area contributed by atoms with Gasteiger partial charge >= 0.3 is 5.97 Å². The van der Waals surface area contributed by atoms with E-state index in [0.29, 0.717) is 12.8 Å². The van der Waals surface area contributed by atoms with Crippen molar-refractivity contribution in [2.75, 3.05) is 7.11 Å². The largest absolute Gasteiger partial charge is 0.496 e. The lowest BCUT2D eigenvalue weighted by atomic mass is 10.1. The van der Waals surface area contributed by atoms with Gasteiger partial charge in [0.25, 0.3) is 0 Å². The van der Waals surface area contributed by atoms with Crippen molar-refractivity contribution in [3.05, 3.63) is 45.9 Å². The van der Waals surface area contributed by atoms with E-state index in [1.54, 1.807) is 24.6 Å². The fraction of sp³-hybridized carbons (Fsp3) is 0.286. The van der Waals surface area contributed by atoms with Crippen LogP contribution in [0, 0.1) is 0 Å².